The molecule has 1 aromatic heterocycles. The van der Waals surface area contributed by atoms with Crippen molar-refractivity contribution in [3.8, 4) is 5.75 Å². The van der Waals surface area contributed by atoms with Crippen LogP contribution >= 0.6 is 0 Å². The molecule has 0 bridgehead atoms. The molecule has 0 radical (unpaired) electrons. The highest BCUT2D eigenvalue weighted by molar-refractivity contribution is 5.89. The first-order valence-corrected chi connectivity index (χ1v) is 7.79. The summed E-state index contributed by atoms with van der Waals surface area (Å²) in [5.74, 6) is 1.28. The summed E-state index contributed by atoms with van der Waals surface area (Å²) in [4.78, 5) is 18.5. The fourth-order valence-corrected chi connectivity index (χ4v) is 3.07. The van der Waals surface area contributed by atoms with E-state index < -0.39 is 0 Å². The molecule has 0 spiro atoms. The Labute approximate surface area is 136 Å². The lowest BCUT2D eigenvalue weighted by molar-refractivity contribution is 0.206. The van der Waals surface area contributed by atoms with Gasteiger partial charge in [0.05, 0.1) is 13.2 Å². The maximum absolute atomic E-state index is 12.7. The molecule has 120 valence electrons. The highest BCUT2D eigenvalue weighted by atomic mass is 16.5. The van der Waals surface area contributed by atoms with Crippen molar-refractivity contribution >= 4 is 11.7 Å². The van der Waals surface area contributed by atoms with E-state index >= 15 is 0 Å². The van der Waals surface area contributed by atoms with Gasteiger partial charge in [-0.3, -0.25) is 4.98 Å². The quantitative estimate of drug-likeness (QED) is 0.940. The molecule has 0 saturated carbocycles. The summed E-state index contributed by atoms with van der Waals surface area (Å²) in [6, 6.07) is 11.5. The smallest absolute Gasteiger partial charge is 0.322 e. The summed E-state index contributed by atoms with van der Waals surface area (Å²) in [6.07, 6.45) is 4.29. The summed E-state index contributed by atoms with van der Waals surface area (Å²) >= 11 is 0. The number of rotatable bonds is 3. The zero-order chi connectivity index (χ0) is 16.2. The number of carbonyl (C=O) groups is 1. The van der Waals surface area contributed by atoms with Crippen LogP contribution in [0.4, 0.5) is 10.5 Å². The Kier molecular flexibility index (Phi) is 4.46. The predicted octanol–water partition coefficient (Wildman–Crippen LogP) is 3.71. The Morgan fingerprint density at radius 1 is 1.30 bits per heavy atom. The number of nitrogens with zero attached hydrogens (tertiary/aromatic N) is 2. The molecule has 2 heterocycles. The van der Waals surface area contributed by atoms with E-state index in [-0.39, 0.29) is 12.1 Å². The molecule has 1 saturated heterocycles. The van der Waals surface area contributed by atoms with Crippen molar-refractivity contribution in [2.45, 2.75) is 19.4 Å². The van der Waals surface area contributed by atoms with Crippen LogP contribution in [-0.4, -0.2) is 29.6 Å². The van der Waals surface area contributed by atoms with Crippen molar-refractivity contribution in [1.29, 1.82) is 0 Å². The number of ether oxygens (including phenoxy) is 1. The van der Waals surface area contributed by atoms with Crippen LogP contribution in [-0.2, 0) is 0 Å². The van der Waals surface area contributed by atoms with Crippen molar-refractivity contribution in [1.82, 2.24) is 9.88 Å². The Hall–Kier alpha value is -2.56. The van der Waals surface area contributed by atoms with E-state index in [0.29, 0.717) is 5.92 Å². The van der Waals surface area contributed by atoms with E-state index in [9.17, 15) is 4.79 Å². The third-order valence-electron chi connectivity index (χ3n) is 4.18. The van der Waals surface area contributed by atoms with Crippen LogP contribution in [0.25, 0.3) is 0 Å². The van der Waals surface area contributed by atoms with Gasteiger partial charge in [-0.15, -0.1) is 0 Å². The third kappa shape index (κ3) is 3.44. The van der Waals surface area contributed by atoms with E-state index in [4.69, 9.17) is 4.74 Å². The Bertz CT molecular complexity index is 675. The lowest BCUT2D eigenvalue weighted by atomic mass is 10.0. The van der Waals surface area contributed by atoms with Gasteiger partial charge in [-0.2, -0.15) is 0 Å². The number of nitrogens with one attached hydrogen (secondary N) is 1. The normalized spacial score (nSPS) is 20.3. The SMILES string of the molecule is COc1cccc(C2CC(C)CN2C(=O)Nc2ccncc2)c1. The number of hydrogen-bond donors (Lipinski definition) is 1. The minimum atomic E-state index is -0.0756. The topological polar surface area (TPSA) is 54.5 Å². The fraction of sp³-hybridized carbons (Fsp3) is 0.333. The molecule has 1 aliphatic rings. The van der Waals surface area contributed by atoms with Gasteiger partial charge in [0.2, 0.25) is 0 Å². The molecule has 1 fully saturated rings. The first-order valence-electron chi connectivity index (χ1n) is 7.79. The number of likely N-dealkylation sites (tertiary alicyclic amines) is 1. The number of amides is 2. The number of urea groups is 1. The third-order valence-corrected chi connectivity index (χ3v) is 4.18. The molecule has 5 nitrogen and oxygen atoms in total. The van der Waals surface area contributed by atoms with E-state index in [1.165, 1.54) is 0 Å². The van der Waals surface area contributed by atoms with Gasteiger partial charge in [0.25, 0.3) is 0 Å². The molecular formula is C18H21N3O2. The van der Waals surface area contributed by atoms with Crippen molar-refractivity contribution in [3.63, 3.8) is 0 Å². The predicted molar refractivity (Wildman–Crippen MR) is 89.5 cm³/mol. The molecule has 23 heavy (non-hydrogen) atoms. The number of aromatic nitrogens is 1. The van der Waals surface area contributed by atoms with Gasteiger partial charge < -0.3 is 15.0 Å². The number of anilines is 1. The first-order chi connectivity index (χ1) is 11.2. The molecule has 1 aromatic carbocycles. The average molecular weight is 311 g/mol. The van der Waals surface area contributed by atoms with Crippen LogP contribution in [0, 0.1) is 5.92 Å². The summed E-state index contributed by atoms with van der Waals surface area (Å²) in [6.45, 7) is 2.92. The lowest BCUT2D eigenvalue weighted by Crippen LogP contribution is -2.34. The van der Waals surface area contributed by atoms with Crippen LogP contribution in [0.15, 0.2) is 48.8 Å². The number of methoxy groups -OCH3 is 1. The fourth-order valence-electron chi connectivity index (χ4n) is 3.07. The lowest BCUT2D eigenvalue weighted by Gasteiger charge is -2.25. The van der Waals surface area contributed by atoms with Gasteiger partial charge in [0.1, 0.15) is 5.75 Å². The standard InChI is InChI=1S/C18H21N3O2/c1-13-10-17(14-4-3-5-16(11-14)23-2)21(12-13)18(22)20-15-6-8-19-9-7-15/h3-9,11,13,17H,10,12H2,1-2H3,(H,19,20,22). The largest absolute Gasteiger partial charge is 0.497 e. The second-order valence-corrected chi connectivity index (χ2v) is 5.95. The molecule has 1 aliphatic heterocycles. The number of benzene rings is 1. The van der Waals surface area contributed by atoms with Crippen LogP contribution in [0.5, 0.6) is 5.75 Å². The highest BCUT2D eigenvalue weighted by Gasteiger charge is 2.34. The van der Waals surface area contributed by atoms with Gasteiger partial charge in [-0.1, -0.05) is 19.1 Å². The highest BCUT2D eigenvalue weighted by Crippen LogP contribution is 2.36. The molecule has 2 aromatic rings. The number of pyridine rings is 1. The maximum Gasteiger partial charge on any atom is 0.322 e. The second kappa shape index (κ2) is 6.69. The van der Waals surface area contributed by atoms with Gasteiger partial charge in [-0.05, 0) is 42.2 Å². The summed E-state index contributed by atoms with van der Waals surface area (Å²) in [5, 5.41) is 2.95. The molecule has 2 unspecified atom stereocenters. The Balaban J connectivity index is 1.80. The summed E-state index contributed by atoms with van der Waals surface area (Å²) in [5.41, 5.74) is 1.87. The van der Waals surface area contributed by atoms with Crippen molar-refractivity contribution in [2.75, 3.05) is 19.0 Å². The summed E-state index contributed by atoms with van der Waals surface area (Å²) in [7, 11) is 1.66. The summed E-state index contributed by atoms with van der Waals surface area (Å²) < 4.78 is 5.31. The number of carbonyl (C=O) groups excluding carboxylic acids is 1. The Morgan fingerprint density at radius 2 is 2.09 bits per heavy atom. The Morgan fingerprint density at radius 3 is 2.83 bits per heavy atom. The molecule has 0 aliphatic carbocycles. The zero-order valence-corrected chi connectivity index (χ0v) is 13.4. The van der Waals surface area contributed by atoms with Crippen LogP contribution in [0.3, 0.4) is 0 Å². The van der Waals surface area contributed by atoms with Gasteiger partial charge in [0.15, 0.2) is 0 Å². The van der Waals surface area contributed by atoms with Crippen LogP contribution < -0.4 is 10.1 Å². The monoisotopic (exact) mass is 311 g/mol. The van der Waals surface area contributed by atoms with E-state index in [2.05, 4.69) is 23.3 Å². The second-order valence-electron chi connectivity index (χ2n) is 5.95. The molecular weight excluding hydrogens is 290 g/mol. The minimum Gasteiger partial charge on any atom is -0.497 e. The zero-order valence-electron chi connectivity index (χ0n) is 13.4. The maximum atomic E-state index is 12.7. The van der Waals surface area contributed by atoms with Gasteiger partial charge in [-0.25, -0.2) is 4.79 Å². The van der Waals surface area contributed by atoms with Crippen LogP contribution in [0.2, 0.25) is 0 Å². The van der Waals surface area contributed by atoms with Gasteiger partial charge >= 0.3 is 6.03 Å². The molecule has 5 heteroatoms. The minimum absolute atomic E-state index is 0.0712. The van der Waals surface area contributed by atoms with Crippen molar-refractivity contribution in [2.24, 2.45) is 5.92 Å². The van der Waals surface area contributed by atoms with Crippen molar-refractivity contribution < 1.29 is 9.53 Å². The number of hydrogen-bond acceptors (Lipinski definition) is 3. The van der Waals surface area contributed by atoms with Crippen LogP contribution in [0.1, 0.15) is 24.9 Å². The molecule has 3 rings (SSSR count). The molecule has 1 N–H and O–H groups in total. The molecule has 2 amide bonds. The van der Waals surface area contributed by atoms with Crippen molar-refractivity contribution in [3.05, 3.63) is 54.4 Å². The molecule has 2 atom stereocenters. The van der Waals surface area contributed by atoms with Gasteiger partial charge in [0, 0.05) is 24.6 Å². The van der Waals surface area contributed by atoms with E-state index in [1.54, 1.807) is 31.6 Å². The van der Waals surface area contributed by atoms with E-state index in [1.807, 2.05) is 23.1 Å². The average Bonchev–Trinajstić information content (AvgIpc) is 2.98. The van der Waals surface area contributed by atoms with E-state index in [0.717, 1.165) is 30.0 Å². The first kappa shape index (κ1) is 15.3.